The van der Waals surface area contributed by atoms with E-state index in [4.69, 9.17) is 9.47 Å². The third-order valence-electron chi connectivity index (χ3n) is 5.85. The first-order chi connectivity index (χ1) is 14.9. The maximum absolute atomic E-state index is 13.2. The van der Waals surface area contributed by atoms with Gasteiger partial charge in [0.15, 0.2) is 0 Å². The van der Waals surface area contributed by atoms with Crippen LogP contribution in [0, 0.1) is 0 Å². The molecule has 0 aromatic heterocycles. The zero-order valence-corrected chi connectivity index (χ0v) is 16.8. The van der Waals surface area contributed by atoms with Crippen molar-refractivity contribution in [3.8, 4) is 0 Å². The van der Waals surface area contributed by atoms with Crippen molar-refractivity contribution in [1.82, 2.24) is 4.90 Å². The summed E-state index contributed by atoms with van der Waals surface area (Å²) in [6.07, 6.45) is -12.2. The lowest BCUT2D eigenvalue weighted by molar-refractivity contribution is -0.143. The summed E-state index contributed by atoms with van der Waals surface area (Å²) in [4.78, 5) is 13.5. The number of nitrogens with zero attached hydrogens (tertiary/aromatic N) is 1. The third kappa shape index (κ3) is 4.28. The second-order valence-corrected chi connectivity index (χ2v) is 7.90. The van der Waals surface area contributed by atoms with Gasteiger partial charge in [-0.25, -0.2) is 4.79 Å². The highest BCUT2D eigenvalue weighted by molar-refractivity contribution is 5.71. The highest BCUT2D eigenvalue weighted by Crippen LogP contribution is 2.42. The number of ether oxygens (including phenoxy) is 2. The minimum Gasteiger partial charge on any atom is -0.447 e. The number of alkyl halides is 6. The van der Waals surface area contributed by atoms with E-state index in [0.29, 0.717) is 12.1 Å². The summed E-state index contributed by atoms with van der Waals surface area (Å²) >= 11 is 0. The average molecular weight is 459 g/mol. The molecule has 0 N–H and O–H groups in total. The van der Waals surface area contributed by atoms with E-state index in [2.05, 4.69) is 0 Å². The summed E-state index contributed by atoms with van der Waals surface area (Å²) in [5, 5.41) is 0. The Morgan fingerprint density at radius 1 is 1.00 bits per heavy atom. The number of hydrogen-bond acceptors (Lipinski definition) is 3. The zero-order valence-electron chi connectivity index (χ0n) is 16.8. The van der Waals surface area contributed by atoms with Crippen LogP contribution in [0.4, 0.5) is 31.1 Å². The molecule has 1 amide bonds. The van der Waals surface area contributed by atoms with Crippen molar-refractivity contribution < 1.29 is 40.6 Å². The van der Waals surface area contributed by atoms with Crippen molar-refractivity contribution in [1.29, 1.82) is 0 Å². The van der Waals surface area contributed by atoms with Crippen LogP contribution in [0.5, 0.6) is 0 Å². The van der Waals surface area contributed by atoms with E-state index in [1.807, 2.05) is 18.2 Å². The van der Waals surface area contributed by atoms with Crippen molar-refractivity contribution in [2.24, 2.45) is 0 Å². The molecule has 0 radical (unpaired) electrons. The first kappa shape index (κ1) is 22.4. The van der Waals surface area contributed by atoms with Gasteiger partial charge in [0.05, 0.1) is 29.4 Å². The van der Waals surface area contributed by atoms with Gasteiger partial charge >= 0.3 is 18.4 Å². The van der Waals surface area contributed by atoms with Crippen molar-refractivity contribution in [3.63, 3.8) is 0 Å². The Morgan fingerprint density at radius 2 is 1.59 bits per heavy atom. The molecule has 0 saturated carbocycles. The van der Waals surface area contributed by atoms with Crippen LogP contribution in [0.3, 0.4) is 0 Å². The number of halogens is 6. The van der Waals surface area contributed by atoms with E-state index in [1.165, 1.54) is 11.8 Å². The van der Waals surface area contributed by atoms with Gasteiger partial charge in [0.2, 0.25) is 0 Å². The highest BCUT2D eigenvalue weighted by atomic mass is 19.4. The van der Waals surface area contributed by atoms with Crippen LogP contribution in [0.15, 0.2) is 48.5 Å². The molecule has 2 aromatic carbocycles. The Kier molecular flexibility index (Phi) is 5.60. The number of carbonyl (C=O) groups is 1. The minimum atomic E-state index is -4.95. The Bertz CT molecular complexity index is 959. The Labute approximate surface area is 179 Å². The van der Waals surface area contributed by atoms with Crippen LogP contribution in [0.1, 0.15) is 41.2 Å². The summed E-state index contributed by atoms with van der Waals surface area (Å²) < 4.78 is 90.5. The molecule has 0 unspecified atom stereocenters. The second kappa shape index (κ2) is 7.99. The second-order valence-electron chi connectivity index (χ2n) is 7.90. The number of amides is 1. The lowest BCUT2D eigenvalue weighted by atomic mass is 9.93. The molecular weight excluding hydrogens is 440 g/mol. The van der Waals surface area contributed by atoms with Gasteiger partial charge in [0, 0.05) is 12.5 Å². The molecule has 4 atom stereocenters. The number of fused-ring (bicyclic) bond motifs is 1. The quantitative estimate of drug-likeness (QED) is 0.544. The number of rotatable bonds is 4. The van der Waals surface area contributed by atoms with Gasteiger partial charge in [-0.3, -0.25) is 4.90 Å². The molecule has 32 heavy (non-hydrogen) atoms. The van der Waals surface area contributed by atoms with Crippen LogP contribution in [0.2, 0.25) is 0 Å². The van der Waals surface area contributed by atoms with Crippen molar-refractivity contribution >= 4 is 6.09 Å². The van der Waals surface area contributed by atoms with E-state index >= 15 is 0 Å². The molecule has 0 aliphatic carbocycles. The Hall–Kier alpha value is -2.75. The van der Waals surface area contributed by atoms with Gasteiger partial charge in [-0.2, -0.15) is 26.3 Å². The predicted molar refractivity (Wildman–Crippen MR) is 101 cm³/mol. The molecule has 2 fully saturated rings. The summed E-state index contributed by atoms with van der Waals surface area (Å²) in [6.45, 7) is 1.72. The van der Waals surface area contributed by atoms with Crippen LogP contribution >= 0.6 is 0 Å². The number of cyclic esters (lactones) is 1. The van der Waals surface area contributed by atoms with Crippen LogP contribution in [-0.2, 0) is 21.8 Å². The molecule has 10 heteroatoms. The molecule has 4 nitrogen and oxygen atoms in total. The number of hydrogen-bond donors (Lipinski definition) is 0. The normalized spacial score (nSPS) is 24.4. The smallest absolute Gasteiger partial charge is 0.416 e. The predicted octanol–water partition coefficient (Wildman–Crippen LogP) is 5.79. The van der Waals surface area contributed by atoms with Crippen LogP contribution in [-0.4, -0.2) is 36.3 Å². The van der Waals surface area contributed by atoms with E-state index in [0.717, 1.165) is 5.56 Å². The molecule has 0 spiro atoms. The van der Waals surface area contributed by atoms with E-state index in [9.17, 15) is 31.1 Å². The molecule has 2 aliphatic rings. The van der Waals surface area contributed by atoms with Crippen molar-refractivity contribution in [3.05, 3.63) is 70.8 Å². The molecule has 2 aliphatic heterocycles. The Balaban J connectivity index is 1.67. The lowest BCUT2D eigenvalue weighted by Gasteiger charge is -2.27. The van der Waals surface area contributed by atoms with Gasteiger partial charge in [0.1, 0.15) is 6.61 Å². The fourth-order valence-corrected chi connectivity index (χ4v) is 4.24. The molecule has 2 heterocycles. The molecule has 0 bridgehead atoms. The number of carbonyl (C=O) groups excluding carboxylic acids is 1. The van der Waals surface area contributed by atoms with Crippen LogP contribution < -0.4 is 0 Å². The van der Waals surface area contributed by atoms with E-state index in [-0.39, 0.29) is 30.7 Å². The molecule has 2 aromatic rings. The molecular formula is C22H19F6NO3. The minimum absolute atomic E-state index is 0.0376. The third-order valence-corrected chi connectivity index (χ3v) is 5.85. The largest absolute Gasteiger partial charge is 0.447 e. The van der Waals surface area contributed by atoms with E-state index < -0.39 is 47.8 Å². The number of benzene rings is 2. The molecule has 2 saturated heterocycles. The van der Waals surface area contributed by atoms with Gasteiger partial charge < -0.3 is 9.47 Å². The van der Waals surface area contributed by atoms with Gasteiger partial charge in [-0.05, 0) is 36.2 Å². The summed E-state index contributed by atoms with van der Waals surface area (Å²) in [5.74, 6) is -0.301. The monoisotopic (exact) mass is 459 g/mol. The Morgan fingerprint density at radius 3 is 2.16 bits per heavy atom. The highest BCUT2D eigenvalue weighted by Gasteiger charge is 2.50. The van der Waals surface area contributed by atoms with E-state index in [1.54, 1.807) is 12.1 Å². The first-order valence-corrected chi connectivity index (χ1v) is 9.88. The average Bonchev–Trinajstić information content (AvgIpc) is 3.27. The summed E-state index contributed by atoms with van der Waals surface area (Å²) in [7, 11) is 0. The topological polar surface area (TPSA) is 38.8 Å². The maximum atomic E-state index is 13.2. The summed E-state index contributed by atoms with van der Waals surface area (Å²) in [6, 6.07) is 10.0. The molecule has 4 rings (SSSR count). The van der Waals surface area contributed by atoms with Crippen molar-refractivity contribution in [2.75, 3.05) is 13.2 Å². The SMILES string of the molecule is C[C@@H](O[C@@H]1[C@@H](c2ccccc2)CN2C(=O)OC[C@@H]12)c1cc(C(F)(F)F)cc(C(F)(F)F)c1. The molecule has 172 valence electrons. The first-order valence-electron chi connectivity index (χ1n) is 9.88. The fourth-order valence-electron chi connectivity index (χ4n) is 4.24. The summed E-state index contributed by atoms with van der Waals surface area (Å²) in [5.41, 5.74) is -2.19. The fraction of sp³-hybridized carbons (Fsp3) is 0.409. The maximum Gasteiger partial charge on any atom is 0.416 e. The lowest BCUT2D eigenvalue weighted by Crippen LogP contribution is -2.35. The van der Waals surface area contributed by atoms with Crippen LogP contribution in [0.25, 0.3) is 0 Å². The van der Waals surface area contributed by atoms with Gasteiger partial charge in [0.25, 0.3) is 0 Å². The van der Waals surface area contributed by atoms with Crippen molar-refractivity contribution in [2.45, 2.75) is 43.4 Å². The zero-order chi connectivity index (χ0) is 23.3. The van der Waals surface area contributed by atoms with Gasteiger partial charge in [-0.1, -0.05) is 30.3 Å². The van der Waals surface area contributed by atoms with Gasteiger partial charge in [-0.15, -0.1) is 0 Å². The standard InChI is InChI=1S/C22H19F6NO3/c1-12(14-7-15(21(23,24)25)9-16(8-14)22(26,27)28)32-19-17(13-5-3-2-4-6-13)10-29-18(19)11-31-20(29)30/h2-9,12,17-19H,10-11H2,1H3/t12-,17-,18+,19-/m1/s1.